The zero-order valence-corrected chi connectivity index (χ0v) is 19.2. The molecule has 1 aliphatic heterocycles. The van der Waals surface area contributed by atoms with Crippen molar-refractivity contribution in [1.82, 2.24) is 15.1 Å². The molecule has 1 fully saturated rings. The van der Waals surface area contributed by atoms with Crippen LogP contribution in [-0.4, -0.2) is 46.3 Å². The van der Waals surface area contributed by atoms with Crippen molar-refractivity contribution in [2.24, 2.45) is 5.92 Å². The van der Waals surface area contributed by atoms with Crippen molar-refractivity contribution in [2.75, 3.05) is 18.9 Å². The lowest BCUT2D eigenvalue weighted by molar-refractivity contribution is -0.127. The highest BCUT2D eigenvalue weighted by atomic mass is 16.2. The number of aromatic amines is 1. The largest absolute Gasteiger partial charge is 0.345 e. The number of H-pyrrole nitrogens is 1. The summed E-state index contributed by atoms with van der Waals surface area (Å²) in [7, 11) is 1.69. The fraction of sp³-hybridized carbons (Fsp3) is 0.143. The number of hydrogen-bond acceptors (Lipinski definition) is 4. The number of hydrogen-bond donors (Lipinski definition) is 2. The molecule has 2 N–H and O–H groups in total. The van der Waals surface area contributed by atoms with Gasteiger partial charge in [-0.25, -0.2) is 0 Å². The number of rotatable bonds is 6. The third kappa shape index (κ3) is 4.75. The van der Waals surface area contributed by atoms with Gasteiger partial charge < -0.3 is 10.2 Å². The molecule has 7 heteroatoms. The van der Waals surface area contributed by atoms with Crippen LogP contribution in [0, 0.1) is 5.92 Å². The van der Waals surface area contributed by atoms with Crippen LogP contribution in [0.15, 0.2) is 72.8 Å². The first-order chi connectivity index (χ1) is 17.0. The molecule has 1 aliphatic rings. The number of fused-ring (bicyclic) bond motifs is 1. The topological polar surface area (TPSA) is 95.2 Å². The number of amides is 2. The van der Waals surface area contributed by atoms with Crippen LogP contribution in [0.3, 0.4) is 0 Å². The average molecular weight is 465 g/mol. The summed E-state index contributed by atoms with van der Waals surface area (Å²) in [6.07, 6.45) is 4.14. The van der Waals surface area contributed by atoms with Gasteiger partial charge in [0.1, 0.15) is 0 Å². The Morgan fingerprint density at radius 3 is 2.57 bits per heavy atom. The van der Waals surface area contributed by atoms with E-state index in [1.54, 1.807) is 48.3 Å². The lowest BCUT2D eigenvalue weighted by Gasteiger charge is -2.12. The van der Waals surface area contributed by atoms with Crippen molar-refractivity contribution < 1.29 is 14.4 Å². The van der Waals surface area contributed by atoms with Crippen molar-refractivity contribution in [3.63, 3.8) is 0 Å². The third-order valence-electron chi connectivity index (χ3n) is 6.19. The first kappa shape index (κ1) is 22.3. The summed E-state index contributed by atoms with van der Waals surface area (Å²) in [5.41, 5.74) is 4.15. The molecule has 0 radical (unpaired) electrons. The van der Waals surface area contributed by atoms with Gasteiger partial charge in [0.15, 0.2) is 5.78 Å². The molecule has 0 aliphatic carbocycles. The van der Waals surface area contributed by atoms with Crippen molar-refractivity contribution in [3.05, 3.63) is 95.2 Å². The van der Waals surface area contributed by atoms with Crippen LogP contribution in [0.4, 0.5) is 5.69 Å². The first-order valence-corrected chi connectivity index (χ1v) is 11.4. The Bertz CT molecular complexity index is 1460. The van der Waals surface area contributed by atoms with Crippen LogP contribution in [-0.2, 0) is 9.59 Å². The van der Waals surface area contributed by atoms with E-state index in [1.165, 1.54) is 0 Å². The lowest BCUT2D eigenvalue weighted by atomic mass is 10.0. The Morgan fingerprint density at radius 2 is 1.80 bits per heavy atom. The Balaban J connectivity index is 1.32. The summed E-state index contributed by atoms with van der Waals surface area (Å²) in [6, 6.07) is 22.3. The summed E-state index contributed by atoms with van der Waals surface area (Å²) in [5, 5.41) is 11.1. The number of benzene rings is 3. The molecule has 0 bridgehead atoms. The number of nitrogens with zero attached hydrogens (tertiary/aromatic N) is 2. The van der Waals surface area contributed by atoms with Gasteiger partial charge in [-0.15, -0.1) is 0 Å². The third-order valence-corrected chi connectivity index (χ3v) is 6.19. The fourth-order valence-electron chi connectivity index (χ4n) is 4.24. The van der Waals surface area contributed by atoms with Gasteiger partial charge >= 0.3 is 0 Å². The Labute approximate surface area is 202 Å². The van der Waals surface area contributed by atoms with E-state index in [9.17, 15) is 14.4 Å². The van der Waals surface area contributed by atoms with Crippen molar-refractivity contribution in [3.8, 4) is 0 Å². The minimum atomic E-state index is -0.389. The number of ketones is 1. The highest BCUT2D eigenvalue weighted by molar-refractivity contribution is 6.11. The summed E-state index contributed by atoms with van der Waals surface area (Å²) in [4.78, 5) is 39.0. The van der Waals surface area contributed by atoms with Gasteiger partial charge in [-0.05, 0) is 35.9 Å². The maximum Gasteiger partial charge on any atom is 0.229 e. The second-order valence-corrected chi connectivity index (χ2v) is 8.69. The summed E-state index contributed by atoms with van der Waals surface area (Å²) in [5.74, 6) is -0.807. The number of likely N-dealkylation sites (tertiary alicyclic amines) is 1. The Morgan fingerprint density at radius 1 is 1.00 bits per heavy atom. The Kier molecular flexibility index (Phi) is 5.97. The van der Waals surface area contributed by atoms with E-state index in [0.29, 0.717) is 23.4 Å². The van der Waals surface area contributed by atoms with Gasteiger partial charge in [0.2, 0.25) is 11.8 Å². The molecule has 174 valence electrons. The van der Waals surface area contributed by atoms with E-state index >= 15 is 0 Å². The van der Waals surface area contributed by atoms with Gasteiger partial charge in [-0.2, -0.15) is 5.10 Å². The highest BCUT2D eigenvalue weighted by Crippen LogP contribution is 2.23. The standard InChI is InChI=1S/C28H24N4O3/c1-32-17-21(16-26(32)33)28(35)29-22-9-5-8-19(14-22)27(34)20-11-12-23-24(30-31-25(23)15-20)13-10-18-6-3-2-4-7-18/h2-15,21H,16-17H2,1H3,(H,29,35)(H,30,31)/b13-10+. The second-order valence-electron chi connectivity index (χ2n) is 8.69. The van der Waals surface area contributed by atoms with E-state index in [4.69, 9.17) is 0 Å². The summed E-state index contributed by atoms with van der Waals surface area (Å²) >= 11 is 0. The van der Waals surface area contributed by atoms with Gasteiger partial charge in [-0.1, -0.05) is 54.6 Å². The molecule has 4 aromatic rings. The normalized spacial score (nSPS) is 15.7. The van der Waals surface area contributed by atoms with E-state index in [2.05, 4.69) is 15.5 Å². The molecule has 1 atom stereocenters. The van der Waals surface area contributed by atoms with Crippen molar-refractivity contribution in [1.29, 1.82) is 0 Å². The molecule has 1 saturated heterocycles. The van der Waals surface area contributed by atoms with Crippen LogP contribution < -0.4 is 5.32 Å². The maximum absolute atomic E-state index is 13.2. The predicted octanol–water partition coefficient (Wildman–Crippen LogP) is 4.38. The zero-order chi connectivity index (χ0) is 24.4. The van der Waals surface area contributed by atoms with Crippen molar-refractivity contribution >= 4 is 46.3 Å². The molecule has 0 spiro atoms. The molecule has 7 nitrogen and oxygen atoms in total. The lowest BCUT2D eigenvalue weighted by Crippen LogP contribution is -2.25. The molecular weight excluding hydrogens is 440 g/mol. The molecule has 35 heavy (non-hydrogen) atoms. The Hall–Kier alpha value is -4.52. The van der Waals surface area contributed by atoms with E-state index in [-0.39, 0.29) is 29.9 Å². The van der Waals surface area contributed by atoms with E-state index in [1.807, 2.05) is 48.6 Å². The van der Waals surface area contributed by atoms with Gasteiger partial charge in [0.25, 0.3) is 0 Å². The summed E-state index contributed by atoms with van der Waals surface area (Å²) < 4.78 is 0. The smallest absolute Gasteiger partial charge is 0.229 e. The number of carbonyl (C=O) groups excluding carboxylic acids is 3. The molecule has 1 aromatic heterocycles. The summed E-state index contributed by atoms with van der Waals surface area (Å²) in [6.45, 7) is 0.399. The number of aromatic nitrogens is 2. The van der Waals surface area contributed by atoms with Gasteiger partial charge in [0.05, 0.1) is 17.1 Å². The monoisotopic (exact) mass is 464 g/mol. The molecule has 5 rings (SSSR count). The van der Waals surface area contributed by atoms with Crippen LogP contribution in [0.5, 0.6) is 0 Å². The minimum absolute atomic E-state index is 0.0398. The number of anilines is 1. The second kappa shape index (κ2) is 9.38. The van der Waals surface area contributed by atoms with E-state index in [0.717, 1.165) is 22.2 Å². The average Bonchev–Trinajstić information content (AvgIpc) is 3.45. The van der Waals surface area contributed by atoms with Crippen LogP contribution in [0.1, 0.15) is 33.6 Å². The van der Waals surface area contributed by atoms with Crippen molar-refractivity contribution in [2.45, 2.75) is 6.42 Å². The van der Waals surface area contributed by atoms with Gasteiger partial charge in [0, 0.05) is 42.2 Å². The minimum Gasteiger partial charge on any atom is -0.345 e. The fourth-order valence-corrected chi connectivity index (χ4v) is 4.24. The SMILES string of the molecule is CN1CC(C(=O)Nc2cccc(C(=O)c3ccc4c(/C=C/c5ccccc5)n[nH]c4c3)c2)CC1=O. The predicted molar refractivity (Wildman–Crippen MR) is 136 cm³/mol. The molecule has 2 amide bonds. The van der Waals surface area contributed by atoms with Crippen LogP contribution in [0.25, 0.3) is 23.1 Å². The van der Waals surface area contributed by atoms with Crippen LogP contribution in [0.2, 0.25) is 0 Å². The molecule has 3 aromatic carbocycles. The maximum atomic E-state index is 13.2. The van der Waals surface area contributed by atoms with E-state index < -0.39 is 0 Å². The highest BCUT2D eigenvalue weighted by Gasteiger charge is 2.32. The number of nitrogens with one attached hydrogen (secondary N) is 2. The zero-order valence-electron chi connectivity index (χ0n) is 19.2. The first-order valence-electron chi connectivity index (χ1n) is 11.4. The number of carbonyl (C=O) groups is 3. The van der Waals surface area contributed by atoms with Crippen LogP contribution >= 0.6 is 0 Å². The quantitative estimate of drug-likeness (QED) is 0.414. The molecule has 2 heterocycles. The molecule has 0 saturated carbocycles. The van der Waals surface area contributed by atoms with Gasteiger partial charge in [-0.3, -0.25) is 19.5 Å². The molecular formula is C28H24N4O3. The molecule has 1 unspecified atom stereocenters.